The van der Waals surface area contributed by atoms with E-state index in [1.165, 1.54) is 0 Å². The summed E-state index contributed by atoms with van der Waals surface area (Å²) in [5, 5.41) is 5.27. The van der Waals surface area contributed by atoms with E-state index < -0.39 is 0 Å². The molecule has 2 nitrogen and oxygen atoms in total. The lowest BCUT2D eigenvalue weighted by molar-refractivity contribution is 0.619. The van der Waals surface area contributed by atoms with Crippen LogP contribution < -0.4 is 0 Å². The van der Waals surface area contributed by atoms with Crippen LogP contribution in [0.5, 0.6) is 0 Å². The molecule has 0 N–H and O–H groups in total. The van der Waals surface area contributed by atoms with Gasteiger partial charge in [-0.05, 0) is 41.8 Å². The van der Waals surface area contributed by atoms with Gasteiger partial charge in [0.05, 0.1) is 11.7 Å². The Kier molecular flexibility index (Phi) is 2.40. The van der Waals surface area contributed by atoms with Gasteiger partial charge in [-0.15, -0.1) is 0 Å². The van der Waals surface area contributed by atoms with Gasteiger partial charge in [-0.2, -0.15) is 5.10 Å². The molecule has 3 aromatic rings. The zero-order chi connectivity index (χ0) is 12.7. The van der Waals surface area contributed by atoms with Gasteiger partial charge in [-0.3, -0.25) is 4.68 Å². The number of halogens is 1. The van der Waals surface area contributed by atoms with E-state index in [9.17, 15) is 4.39 Å². The highest BCUT2D eigenvalue weighted by Crippen LogP contribution is 2.25. The third-order valence-electron chi connectivity index (χ3n) is 3.25. The lowest BCUT2D eigenvalue weighted by Crippen LogP contribution is -1.88. The van der Waals surface area contributed by atoms with Crippen LogP contribution in [0.15, 0.2) is 42.6 Å². The van der Waals surface area contributed by atoms with Crippen LogP contribution in [0.4, 0.5) is 4.39 Å². The highest BCUT2D eigenvalue weighted by atomic mass is 19.1. The van der Waals surface area contributed by atoms with E-state index in [2.05, 4.69) is 5.10 Å². The zero-order valence-corrected chi connectivity index (χ0v) is 10.3. The van der Waals surface area contributed by atoms with Crippen LogP contribution in [0.3, 0.4) is 0 Å². The predicted molar refractivity (Wildman–Crippen MR) is 70.8 cm³/mol. The molecule has 1 aromatic heterocycles. The highest BCUT2D eigenvalue weighted by Gasteiger charge is 2.05. The molecule has 0 saturated carbocycles. The van der Waals surface area contributed by atoms with Gasteiger partial charge >= 0.3 is 0 Å². The van der Waals surface area contributed by atoms with Crippen molar-refractivity contribution in [3.05, 3.63) is 54.0 Å². The van der Waals surface area contributed by atoms with Crippen molar-refractivity contribution in [2.45, 2.75) is 6.92 Å². The minimum absolute atomic E-state index is 0.168. The Bertz CT molecular complexity index is 728. The first-order chi connectivity index (χ1) is 8.65. The van der Waals surface area contributed by atoms with E-state index in [4.69, 9.17) is 0 Å². The van der Waals surface area contributed by atoms with Crippen molar-refractivity contribution in [3.63, 3.8) is 0 Å². The molecule has 0 aliphatic heterocycles. The van der Waals surface area contributed by atoms with Crippen molar-refractivity contribution in [1.82, 2.24) is 9.78 Å². The molecule has 0 bridgehead atoms. The Morgan fingerprint density at radius 2 is 1.78 bits per heavy atom. The van der Waals surface area contributed by atoms with E-state index in [0.717, 1.165) is 22.0 Å². The average molecular weight is 240 g/mol. The van der Waals surface area contributed by atoms with Gasteiger partial charge in [0.25, 0.3) is 0 Å². The molecule has 0 radical (unpaired) electrons. The fraction of sp³-hybridized carbons (Fsp3) is 0.133. The fourth-order valence-corrected chi connectivity index (χ4v) is 2.12. The maximum absolute atomic E-state index is 13.6. The van der Waals surface area contributed by atoms with Crippen molar-refractivity contribution in [3.8, 4) is 11.1 Å². The van der Waals surface area contributed by atoms with Gasteiger partial charge < -0.3 is 0 Å². The lowest BCUT2D eigenvalue weighted by Gasteiger charge is -2.04. The summed E-state index contributed by atoms with van der Waals surface area (Å²) >= 11 is 0. The number of nitrogens with zero attached hydrogens (tertiary/aromatic N) is 2. The minimum Gasteiger partial charge on any atom is -0.268 e. The predicted octanol–water partition coefficient (Wildman–Crippen LogP) is 3.69. The van der Waals surface area contributed by atoms with Gasteiger partial charge in [0.15, 0.2) is 0 Å². The third-order valence-corrected chi connectivity index (χ3v) is 3.25. The number of hydrogen-bond donors (Lipinski definition) is 0. The van der Waals surface area contributed by atoms with E-state index in [1.54, 1.807) is 19.1 Å². The van der Waals surface area contributed by atoms with E-state index in [-0.39, 0.29) is 5.82 Å². The normalized spacial score (nSPS) is 11.1. The van der Waals surface area contributed by atoms with Gasteiger partial charge in [0, 0.05) is 12.4 Å². The second-order valence-corrected chi connectivity index (χ2v) is 4.51. The molecule has 0 fully saturated rings. The van der Waals surface area contributed by atoms with Gasteiger partial charge in [0.1, 0.15) is 5.82 Å². The molecule has 90 valence electrons. The largest absolute Gasteiger partial charge is 0.268 e. The van der Waals surface area contributed by atoms with Gasteiger partial charge in [0.2, 0.25) is 0 Å². The topological polar surface area (TPSA) is 17.8 Å². The number of aryl methyl sites for hydroxylation is 2. The monoisotopic (exact) mass is 240 g/mol. The molecule has 0 aliphatic carbocycles. The summed E-state index contributed by atoms with van der Waals surface area (Å²) in [6.07, 6.45) is 1.82. The number of fused-ring (bicyclic) bond motifs is 1. The van der Waals surface area contributed by atoms with E-state index >= 15 is 0 Å². The first kappa shape index (κ1) is 11.0. The Morgan fingerprint density at radius 1 is 1.06 bits per heavy atom. The molecular formula is C15H13FN2. The highest BCUT2D eigenvalue weighted by molar-refractivity contribution is 5.84. The summed E-state index contributed by atoms with van der Waals surface area (Å²) in [5.41, 5.74) is 3.64. The minimum atomic E-state index is -0.168. The Hall–Kier alpha value is -2.16. The smallest absolute Gasteiger partial charge is 0.126 e. The van der Waals surface area contributed by atoms with Crippen molar-refractivity contribution >= 4 is 10.9 Å². The SMILES string of the molecule is Cc1ccc(-c2ccc3c(cnn3C)c2)cc1F. The molecule has 3 heteroatoms. The van der Waals surface area contributed by atoms with Crippen LogP contribution >= 0.6 is 0 Å². The zero-order valence-electron chi connectivity index (χ0n) is 10.3. The molecule has 0 atom stereocenters. The third kappa shape index (κ3) is 1.68. The standard InChI is InChI=1S/C15H13FN2/c1-10-3-4-12(8-14(10)16)11-5-6-15-13(7-11)9-17-18(15)2/h3-9H,1-2H3. The van der Waals surface area contributed by atoms with Crippen LogP contribution in [0.25, 0.3) is 22.0 Å². The van der Waals surface area contributed by atoms with Crippen molar-refractivity contribution in [1.29, 1.82) is 0 Å². The van der Waals surface area contributed by atoms with Crippen LogP contribution in [0.1, 0.15) is 5.56 Å². The summed E-state index contributed by atoms with van der Waals surface area (Å²) < 4.78 is 15.4. The molecule has 0 spiro atoms. The molecule has 1 heterocycles. The Balaban J connectivity index is 2.16. The van der Waals surface area contributed by atoms with Crippen molar-refractivity contribution in [2.24, 2.45) is 7.05 Å². The summed E-state index contributed by atoms with van der Waals surface area (Å²) in [4.78, 5) is 0. The quantitative estimate of drug-likeness (QED) is 0.634. The molecule has 2 aromatic carbocycles. The number of rotatable bonds is 1. The molecule has 18 heavy (non-hydrogen) atoms. The average Bonchev–Trinajstić information content (AvgIpc) is 2.74. The summed E-state index contributed by atoms with van der Waals surface area (Å²) in [7, 11) is 1.91. The summed E-state index contributed by atoms with van der Waals surface area (Å²) in [6, 6.07) is 11.4. The summed E-state index contributed by atoms with van der Waals surface area (Å²) in [6.45, 7) is 1.77. The molecule has 0 aliphatic rings. The first-order valence-corrected chi connectivity index (χ1v) is 5.83. The van der Waals surface area contributed by atoms with Crippen molar-refractivity contribution < 1.29 is 4.39 Å². The van der Waals surface area contributed by atoms with Crippen LogP contribution in [-0.4, -0.2) is 9.78 Å². The van der Waals surface area contributed by atoms with Crippen LogP contribution in [0, 0.1) is 12.7 Å². The van der Waals surface area contributed by atoms with Crippen molar-refractivity contribution in [2.75, 3.05) is 0 Å². The number of benzene rings is 2. The molecule has 0 unspecified atom stereocenters. The second kappa shape index (κ2) is 3.95. The number of hydrogen-bond acceptors (Lipinski definition) is 1. The second-order valence-electron chi connectivity index (χ2n) is 4.51. The van der Waals surface area contributed by atoms with Gasteiger partial charge in [-0.25, -0.2) is 4.39 Å². The fourth-order valence-electron chi connectivity index (χ4n) is 2.12. The maximum atomic E-state index is 13.6. The Labute approximate surface area is 105 Å². The number of aromatic nitrogens is 2. The van der Waals surface area contributed by atoms with Crippen LogP contribution in [0.2, 0.25) is 0 Å². The molecule has 0 amide bonds. The first-order valence-electron chi connectivity index (χ1n) is 5.83. The maximum Gasteiger partial charge on any atom is 0.126 e. The lowest BCUT2D eigenvalue weighted by atomic mass is 10.0. The van der Waals surface area contributed by atoms with Crippen LogP contribution in [-0.2, 0) is 7.05 Å². The van der Waals surface area contributed by atoms with Gasteiger partial charge in [-0.1, -0.05) is 18.2 Å². The molecule has 3 rings (SSSR count). The summed E-state index contributed by atoms with van der Waals surface area (Å²) in [5.74, 6) is -0.168. The Morgan fingerprint density at radius 3 is 2.56 bits per heavy atom. The van der Waals surface area contributed by atoms with E-state index in [1.807, 2.05) is 42.2 Å². The van der Waals surface area contributed by atoms with E-state index in [0.29, 0.717) is 5.56 Å². The molecular weight excluding hydrogens is 227 g/mol. The molecule has 0 saturated heterocycles.